The Morgan fingerprint density at radius 2 is 1.60 bits per heavy atom. The third-order valence-electron chi connectivity index (χ3n) is 4.82. The molecule has 0 aliphatic carbocycles. The molecular formula is C24H22N4O2. The highest BCUT2D eigenvalue weighted by molar-refractivity contribution is 5.91. The van der Waals surface area contributed by atoms with Crippen molar-refractivity contribution in [3.63, 3.8) is 0 Å². The van der Waals surface area contributed by atoms with Crippen molar-refractivity contribution in [3.05, 3.63) is 96.3 Å². The molecule has 0 saturated carbocycles. The highest BCUT2D eigenvalue weighted by Crippen LogP contribution is 2.18. The minimum atomic E-state index is -0.242. The van der Waals surface area contributed by atoms with Crippen LogP contribution in [0.2, 0.25) is 0 Å². The number of hydrogen-bond donors (Lipinski definition) is 2. The number of para-hydroxylation sites is 1. The second-order valence-electron chi connectivity index (χ2n) is 7.00. The van der Waals surface area contributed by atoms with Crippen LogP contribution in [0.25, 0.3) is 16.5 Å². The molecule has 0 spiro atoms. The van der Waals surface area contributed by atoms with Gasteiger partial charge in [-0.1, -0.05) is 60.7 Å². The van der Waals surface area contributed by atoms with E-state index < -0.39 is 0 Å². The van der Waals surface area contributed by atoms with E-state index in [2.05, 4.69) is 15.7 Å². The zero-order valence-electron chi connectivity index (χ0n) is 16.4. The summed E-state index contributed by atoms with van der Waals surface area (Å²) in [6.45, 7) is 0.293. The molecule has 0 saturated heterocycles. The van der Waals surface area contributed by atoms with E-state index in [1.165, 1.54) is 0 Å². The van der Waals surface area contributed by atoms with Crippen LogP contribution in [0.4, 0.5) is 0 Å². The lowest BCUT2D eigenvalue weighted by Crippen LogP contribution is -2.37. The van der Waals surface area contributed by atoms with E-state index >= 15 is 0 Å². The van der Waals surface area contributed by atoms with Gasteiger partial charge < -0.3 is 10.6 Å². The Kier molecular flexibility index (Phi) is 5.85. The molecule has 150 valence electrons. The van der Waals surface area contributed by atoms with Gasteiger partial charge in [0.2, 0.25) is 11.8 Å². The predicted octanol–water partition coefficient (Wildman–Crippen LogP) is 3.00. The number of nitrogens with one attached hydrogen (secondary N) is 2. The number of amides is 2. The first-order chi connectivity index (χ1) is 14.7. The fourth-order valence-electron chi connectivity index (χ4n) is 3.30. The second kappa shape index (κ2) is 9.05. The van der Waals surface area contributed by atoms with Crippen molar-refractivity contribution in [2.24, 2.45) is 0 Å². The Morgan fingerprint density at radius 1 is 0.833 bits per heavy atom. The molecule has 6 nitrogen and oxygen atoms in total. The summed E-state index contributed by atoms with van der Waals surface area (Å²) in [5.74, 6) is -0.424. The summed E-state index contributed by atoms with van der Waals surface area (Å²) in [6.07, 6.45) is 3.82. The van der Waals surface area contributed by atoms with Crippen LogP contribution >= 0.6 is 0 Å². The number of nitrogens with zero attached hydrogens (tertiary/aromatic N) is 2. The molecule has 1 aromatic heterocycles. The second-order valence-corrected chi connectivity index (χ2v) is 7.00. The van der Waals surface area contributed by atoms with Gasteiger partial charge in [-0.15, -0.1) is 0 Å². The number of carbonyl (C=O) groups excluding carboxylic acids is 2. The van der Waals surface area contributed by atoms with Gasteiger partial charge in [0.15, 0.2) is 0 Å². The summed E-state index contributed by atoms with van der Waals surface area (Å²) < 4.78 is 1.76. The number of hydrogen-bond acceptors (Lipinski definition) is 3. The monoisotopic (exact) mass is 398 g/mol. The summed E-state index contributed by atoms with van der Waals surface area (Å²) >= 11 is 0. The van der Waals surface area contributed by atoms with Crippen LogP contribution in [0.1, 0.15) is 11.1 Å². The van der Waals surface area contributed by atoms with Crippen molar-refractivity contribution in [1.29, 1.82) is 0 Å². The van der Waals surface area contributed by atoms with Gasteiger partial charge in [-0.25, -0.2) is 4.68 Å². The Morgan fingerprint density at radius 3 is 2.47 bits per heavy atom. The minimum Gasteiger partial charge on any atom is -0.350 e. The fourth-order valence-corrected chi connectivity index (χ4v) is 3.30. The van der Waals surface area contributed by atoms with Crippen LogP contribution in [0.3, 0.4) is 0 Å². The van der Waals surface area contributed by atoms with Crippen LogP contribution in [0.5, 0.6) is 0 Å². The van der Waals surface area contributed by atoms with Crippen molar-refractivity contribution in [2.45, 2.75) is 13.0 Å². The molecule has 0 unspecified atom stereocenters. The number of benzene rings is 3. The first-order valence-electron chi connectivity index (χ1n) is 9.78. The van der Waals surface area contributed by atoms with Gasteiger partial charge in [0.05, 0.1) is 24.8 Å². The van der Waals surface area contributed by atoms with Gasteiger partial charge in [-0.3, -0.25) is 9.59 Å². The maximum atomic E-state index is 12.3. The molecule has 0 aliphatic heterocycles. The Hall–Kier alpha value is -3.93. The van der Waals surface area contributed by atoms with Gasteiger partial charge in [-0.2, -0.15) is 5.10 Å². The molecule has 0 atom stereocenters. The van der Waals surface area contributed by atoms with Gasteiger partial charge >= 0.3 is 0 Å². The van der Waals surface area contributed by atoms with Gasteiger partial charge in [0.25, 0.3) is 0 Å². The SMILES string of the molecule is O=C(CNC(=O)Cc1cccc2ccccc12)NCc1cnn(-c2ccccc2)c1. The van der Waals surface area contributed by atoms with E-state index in [1.807, 2.05) is 79.0 Å². The predicted molar refractivity (Wildman–Crippen MR) is 116 cm³/mol. The Labute approximate surface area is 174 Å². The third kappa shape index (κ3) is 4.72. The average molecular weight is 398 g/mol. The number of carbonyl (C=O) groups is 2. The van der Waals surface area contributed by atoms with Crippen LogP contribution in [-0.4, -0.2) is 28.1 Å². The number of rotatable bonds is 7. The summed E-state index contributed by atoms with van der Waals surface area (Å²) in [7, 11) is 0. The molecule has 0 fully saturated rings. The molecule has 2 amide bonds. The average Bonchev–Trinajstić information content (AvgIpc) is 3.26. The largest absolute Gasteiger partial charge is 0.350 e. The molecule has 1 heterocycles. The van der Waals surface area contributed by atoms with Crippen molar-refractivity contribution in [2.75, 3.05) is 6.54 Å². The molecule has 4 rings (SSSR count). The highest BCUT2D eigenvalue weighted by atomic mass is 16.2. The van der Waals surface area contributed by atoms with E-state index in [-0.39, 0.29) is 24.8 Å². The van der Waals surface area contributed by atoms with Gasteiger partial charge in [0.1, 0.15) is 0 Å². The molecule has 4 aromatic rings. The molecule has 0 bridgehead atoms. The molecule has 2 N–H and O–H groups in total. The topological polar surface area (TPSA) is 76.0 Å². The van der Waals surface area contributed by atoms with Crippen molar-refractivity contribution in [1.82, 2.24) is 20.4 Å². The standard InChI is InChI=1S/C24H22N4O2/c29-23(13-20-9-6-8-19-7-4-5-12-22(19)20)26-16-24(30)25-14-18-15-27-28(17-18)21-10-2-1-3-11-21/h1-12,15,17H,13-14,16H2,(H,25,30)(H,26,29). The summed E-state index contributed by atoms with van der Waals surface area (Å²) in [5, 5.41) is 11.9. The smallest absolute Gasteiger partial charge is 0.239 e. The molecule has 30 heavy (non-hydrogen) atoms. The van der Waals surface area contributed by atoms with E-state index in [1.54, 1.807) is 10.9 Å². The van der Waals surface area contributed by atoms with Crippen LogP contribution in [0.15, 0.2) is 85.2 Å². The zero-order chi connectivity index (χ0) is 20.8. The van der Waals surface area contributed by atoms with E-state index in [0.29, 0.717) is 6.54 Å². The quantitative estimate of drug-likeness (QED) is 0.503. The van der Waals surface area contributed by atoms with Crippen molar-refractivity contribution < 1.29 is 9.59 Å². The maximum Gasteiger partial charge on any atom is 0.239 e. The third-order valence-corrected chi connectivity index (χ3v) is 4.82. The number of fused-ring (bicyclic) bond motifs is 1. The van der Waals surface area contributed by atoms with Crippen LogP contribution < -0.4 is 10.6 Å². The van der Waals surface area contributed by atoms with Crippen molar-refractivity contribution >= 4 is 22.6 Å². The summed E-state index contributed by atoms with van der Waals surface area (Å²) in [4.78, 5) is 24.4. The van der Waals surface area contributed by atoms with E-state index in [0.717, 1.165) is 27.6 Å². The van der Waals surface area contributed by atoms with E-state index in [4.69, 9.17) is 0 Å². The first-order valence-corrected chi connectivity index (χ1v) is 9.78. The normalized spacial score (nSPS) is 10.7. The lowest BCUT2D eigenvalue weighted by molar-refractivity contribution is -0.125. The molecular weight excluding hydrogens is 376 g/mol. The summed E-state index contributed by atoms with van der Waals surface area (Å²) in [5.41, 5.74) is 2.78. The van der Waals surface area contributed by atoms with Gasteiger partial charge in [0, 0.05) is 18.3 Å². The maximum absolute atomic E-state index is 12.3. The number of aromatic nitrogens is 2. The molecule has 0 radical (unpaired) electrons. The summed E-state index contributed by atoms with van der Waals surface area (Å²) in [6, 6.07) is 23.6. The first kappa shape index (κ1) is 19.4. The van der Waals surface area contributed by atoms with E-state index in [9.17, 15) is 9.59 Å². The lowest BCUT2D eigenvalue weighted by Gasteiger charge is -2.08. The minimum absolute atomic E-state index is 0.0591. The fraction of sp³-hybridized carbons (Fsp3) is 0.125. The lowest BCUT2D eigenvalue weighted by atomic mass is 10.0. The van der Waals surface area contributed by atoms with Gasteiger partial charge in [-0.05, 0) is 28.5 Å². The molecule has 6 heteroatoms. The Bertz CT molecular complexity index is 1160. The molecule has 3 aromatic carbocycles. The Balaban J connectivity index is 1.26. The highest BCUT2D eigenvalue weighted by Gasteiger charge is 2.09. The zero-order valence-corrected chi connectivity index (χ0v) is 16.4. The molecule has 0 aliphatic rings. The van der Waals surface area contributed by atoms with Crippen molar-refractivity contribution in [3.8, 4) is 5.69 Å². The van der Waals surface area contributed by atoms with Crippen LogP contribution in [-0.2, 0) is 22.6 Å². The van der Waals surface area contributed by atoms with Crippen LogP contribution in [0, 0.1) is 0 Å².